The number of ether oxygens (including phenoxy) is 2. The van der Waals surface area contributed by atoms with E-state index >= 15 is 0 Å². The Morgan fingerprint density at radius 1 is 1.22 bits per heavy atom. The van der Waals surface area contributed by atoms with Crippen molar-refractivity contribution in [1.82, 2.24) is 0 Å². The van der Waals surface area contributed by atoms with Gasteiger partial charge in [0.05, 0.1) is 12.2 Å². The Morgan fingerprint density at radius 3 is 2.00 bits per heavy atom. The van der Waals surface area contributed by atoms with Crippen molar-refractivity contribution in [2.75, 3.05) is 0 Å². The summed E-state index contributed by atoms with van der Waals surface area (Å²) in [6.45, 7) is 2.83. The Labute approximate surface area is 54.6 Å². The van der Waals surface area contributed by atoms with Gasteiger partial charge < -0.3 is 14.6 Å². The fourth-order valence-electron chi connectivity index (χ4n) is 1.01. The molecule has 0 amide bonds. The first-order chi connectivity index (χ1) is 4.18. The molecule has 1 aliphatic rings. The molecule has 1 rings (SSSR count). The van der Waals surface area contributed by atoms with Gasteiger partial charge in [0.15, 0.2) is 0 Å². The van der Waals surface area contributed by atoms with Crippen LogP contribution in [0.15, 0.2) is 0 Å². The lowest BCUT2D eigenvalue weighted by Gasteiger charge is -2.28. The number of aliphatic hydroxyl groups excluding tert-OH is 1. The minimum atomic E-state index is -1.01. The Kier molecular flexibility index (Phi) is 2.05. The predicted octanol–water partition coefficient (Wildman–Crippen LogP) is 0.476. The third-order valence-corrected chi connectivity index (χ3v) is 1.36. The molecule has 1 N–H and O–H groups in total. The standard InChI is InChI=1S/C6H12O3/c1-4-3-5(2)9-6(7)8-4/h4-7H,3H2,1-2H3. The molecule has 1 saturated heterocycles. The van der Waals surface area contributed by atoms with E-state index in [1.54, 1.807) is 0 Å². The zero-order valence-electron chi connectivity index (χ0n) is 5.70. The molecule has 3 nitrogen and oxygen atoms in total. The molecule has 0 spiro atoms. The number of hydrogen-bond acceptors (Lipinski definition) is 3. The molecule has 0 aromatic heterocycles. The summed E-state index contributed by atoms with van der Waals surface area (Å²) in [6.07, 6.45) is 1.09. The fraction of sp³-hybridized carbons (Fsp3) is 1.00. The lowest BCUT2D eigenvalue weighted by molar-refractivity contribution is -0.326. The van der Waals surface area contributed by atoms with Gasteiger partial charge in [0, 0.05) is 0 Å². The van der Waals surface area contributed by atoms with Crippen LogP contribution >= 0.6 is 0 Å². The monoisotopic (exact) mass is 132 g/mol. The van der Waals surface area contributed by atoms with Crippen LogP contribution in [0.3, 0.4) is 0 Å². The second kappa shape index (κ2) is 2.64. The van der Waals surface area contributed by atoms with Gasteiger partial charge in [-0.15, -0.1) is 0 Å². The van der Waals surface area contributed by atoms with Crippen LogP contribution in [0.25, 0.3) is 0 Å². The summed E-state index contributed by atoms with van der Waals surface area (Å²) >= 11 is 0. The molecule has 3 heteroatoms. The summed E-state index contributed by atoms with van der Waals surface area (Å²) in [4.78, 5) is 0. The van der Waals surface area contributed by atoms with Crippen molar-refractivity contribution in [1.29, 1.82) is 0 Å². The van der Waals surface area contributed by atoms with Crippen molar-refractivity contribution in [3.05, 3.63) is 0 Å². The van der Waals surface area contributed by atoms with E-state index in [0.717, 1.165) is 6.42 Å². The quantitative estimate of drug-likeness (QED) is 0.521. The van der Waals surface area contributed by atoms with Crippen LogP contribution in [0.5, 0.6) is 0 Å². The fourth-order valence-corrected chi connectivity index (χ4v) is 1.01. The van der Waals surface area contributed by atoms with Gasteiger partial charge in [0.1, 0.15) is 0 Å². The zero-order chi connectivity index (χ0) is 6.85. The number of rotatable bonds is 0. The summed E-state index contributed by atoms with van der Waals surface area (Å²) in [5, 5.41) is 8.81. The maximum Gasteiger partial charge on any atom is 0.269 e. The number of hydrogen-bond donors (Lipinski definition) is 1. The van der Waals surface area contributed by atoms with Crippen molar-refractivity contribution in [3.63, 3.8) is 0 Å². The molecule has 0 aliphatic carbocycles. The van der Waals surface area contributed by atoms with E-state index in [4.69, 9.17) is 14.6 Å². The van der Waals surface area contributed by atoms with Crippen LogP contribution < -0.4 is 0 Å². The largest absolute Gasteiger partial charge is 0.346 e. The lowest BCUT2D eigenvalue weighted by atomic mass is 10.2. The van der Waals surface area contributed by atoms with Crippen LogP contribution in [0.1, 0.15) is 20.3 Å². The molecule has 0 aromatic rings. The van der Waals surface area contributed by atoms with Gasteiger partial charge in [-0.1, -0.05) is 0 Å². The molecule has 1 heterocycles. The van der Waals surface area contributed by atoms with E-state index in [2.05, 4.69) is 0 Å². The van der Waals surface area contributed by atoms with Crippen molar-refractivity contribution < 1.29 is 14.6 Å². The molecule has 1 aliphatic heterocycles. The zero-order valence-corrected chi connectivity index (χ0v) is 5.70. The third-order valence-electron chi connectivity index (χ3n) is 1.36. The van der Waals surface area contributed by atoms with Gasteiger partial charge in [-0.3, -0.25) is 0 Å². The molecule has 0 radical (unpaired) electrons. The Hall–Kier alpha value is -0.120. The summed E-state index contributed by atoms with van der Waals surface area (Å²) in [5.74, 6) is 0. The molecule has 2 atom stereocenters. The van der Waals surface area contributed by atoms with E-state index in [1.165, 1.54) is 0 Å². The molecule has 9 heavy (non-hydrogen) atoms. The SMILES string of the molecule is CC1CC(C)OC(O)O1. The summed E-state index contributed by atoms with van der Waals surface area (Å²) in [6, 6.07) is 0. The summed E-state index contributed by atoms with van der Waals surface area (Å²) in [5.41, 5.74) is 0. The Bertz CT molecular complexity index is 69.3. The highest BCUT2D eigenvalue weighted by atomic mass is 16.8. The highest BCUT2D eigenvalue weighted by molar-refractivity contribution is 4.61. The van der Waals surface area contributed by atoms with Gasteiger partial charge in [-0.05, 0) is 20.3 Å². The highest BCUT2D eigenvalue weighted by Gasteiger charge is 2.22. The first-order valence-corrected chi connectivity index (χ1v) is 3.17. The molecule has 0 saturated carbocycles. The molecule has 0 aromatic carbocycles. The normalized spacial score (nSPS) is 45.0. The van der Waals surface area contributed by atoms with E-state index in [1.807, 2.05) is 13.8 Å². The Balaban J connectivity index is 2.34. The minimum absolute atomic E-state index is 0.115. The minimum Gasteiger partial charge on any atom is -0.346 e. The van der Waals surface area contributed by atoms with Gasteiger partial charge in [0.25, 0.3) is 6.48 Å². The van der Waals surface area contributed by atoms with Crippen molar-refractivity contribution in [2.24, 2.45) is 0 Å². The first-order valence-electron chi connectivity index (χ1n) is 3.17. The maximum absolute atomic E-state index is 8.81. The Morgan fingerprint density at radius 2 is 1.67 bits per heavy atom. The average molecular weight is 132 g/mol. The van der Waals surface area contributed by atoms with Gasteiger partial charge >= 0.3 is 0 Å². The average Bonchev–Trinajstić information content (AvgIpc) is 1.59. The molecular formula is C6H12O3. The van der Waals surface area contributed by atoms with Gasteiger partial charge in [0.2, 0.25) is 0 Å². The van der Waals surface area contributed by atoms with E-state index < -0.39 is 6.48 Å². The third kappa shape index (κ3) is 1.93. The molecule has 1 fully saturated rings. The van der Waals surface area contributed by atoms with E-state index in [-0.39, 0.29) is 12.2 Å². The van der Waals surface area contributed by atoms with Crippen LogP contribution in [-0.4, -0.2) is 23.8 Å². The van der Waals surface area contributed by atoms with Crippen molar-refractivity contribution in [3.8, 4) is 0 Å². The van der Waals surface area contributed by atoms with Crippen molar-refractivity contribution in [2.45, 2.75) is 39.0 Å². The molecular weight excluding hydrogens is 120 g/mol. The predicted molar refractivity (Wildman–Crippen MR) is 31.7 cm³/mol. The van der Waals surface area contributed by atoms with Crippen LogP contribution in [0, 0.1) is 0 Å². The summed E-state index contributed by atoms with van der Waals surface area (Å²) in [7, 11) is 0. The molecule has 0 bridgehead atoms. The summed E-state index contributed by atoms with van der Waals surface area (Å²) < 4.78 is 9.78. The van der Waals surface area contributed by atoms with E-state index in [9.17, 15) is 0 Å². The molecule has 54 valence electrons. The second-order valence-electron chi connectivity index (χ2n) is 2.44. The maximum atomic E-state index is 8.81. The van der Waals surface area contributed by atoms with Gasteiger partial charge in [-0.2, -0.15) is 0 Å². The van der Waals surface area contributed by atoms with Gasteiger partial charge in [-0.25, -0.2) is 0 Å². The first kappa shape index (κ1) is 6.99. The van der Waals surface area contributed by atoms with E-state index in [0.29, 0.717) is 0 Å². The topological polar surface area (TPSA) is 38.7 Å². The smallest absolute Gasteiger partial charge is 0.269 e. The van der Waals surface area contributed by atoms with Crippen molar-refractivity contribution >= 4 is 0 Å². The van der Waals surface area contributed by atoms with Crippen LogP contribution in [-0.2, 0) is 9.47 Å². The highest BCUT2D eigenvalue weighted by Crippen LogP contribution is 2.15. The van der Waals surface area contributed by atoms with Crippen LogP contribution in [0.2, 0.25) is 0 Å². The molecule has 2 unspecified atom stereocenters. The van der Waals surface area contributed by atoms with Crippen LogP contribution in [0.4, 0.5) is 0 Å². The second-order valence-corrected chi connectivity index (χ2v) is 2.44. The lowest BCUT2D eigenvalue weighted by Crippen LogP contribution is -2.34. The number of aliphatic hydroxyl groups is 1.